The minimum absolute atomic E-state index is 0.0375. The summed E-state index contributed by atoms with van der Waals surface area (Å²) in [5, 5.41) is 4.62. The zero-order valence-electron chi connectivity index (χ0n) is 19.1. The van der Waals surface area contributed by atoms with Crippen molar-refractivity contribution >= 4 is 15.7 Å². The molecular weight excluding hydrogens is 493 g/mol. The molecule has 186 valence electrons. The molecule has 1 aliphatic heterocycles. The van der Waals surface area contributed by atoms with Gasteiger partial charge in [-0.3, -0.25) is 14.4 Å². The molecule has 7 nitrogen and oxygen atoms in total. The summed E-state index contributed by atoms with van der Waals surface area (Å²) in [6, 6.07) is 9.67. The van der Waals surface area contributed by atoms with Gasteiger partial charge in [-0.2, -0.15) is 5.10 Å². The fourth-order valence-corrected chi connectivity index (χ4v) is 5.20. The highest BCUT2D eigenvalue weighted by atomic mass is 32.2. The number of benzene rings is 2. The minimum atomic E-state index is -4.62. The van der Waals surface area contributed by atoms with Crippen molar-refractivity contribution in [3.05, 3.63) is 84.6 Å². The molecule has 3 heterocycles. The van der Waals surface area contributed by atoms with Gasteiger partial charge in [-0.1, -0.05) is 13.0 Å². The molecule has 2 aromatic carbocycles. The van der Waals surface area contributed by atoms with Gasteiger partial charge in [0, 0.05) is 35.1 Å². The van der Waals surface area contributed by atoms with Gasteiger partial charge in [0.2, 0.25) is 0 Å². The number of ether oxygens (including phenoxy) is 1. The van der Waals surface area contributed by atoms with Crippen molar-refractivity contribution in [3.8, 4) is 22.4 Å². The molecule has 36 heavy (non-hydrogen) atoms. The number of anilines is 1. The van der Waals surface area contributed by atoms with E-state index in [1.807, 2.05) is 4.72 Å². The number of sulfonamides is 1. The first-order valence-electron chi connectivity index (χ1n) is 11.0. The summed E-state index contributed by atoms with van der Waals surface area (Å²) in [5.41, 5.74) is 1.16. The van der Waals surface area contributed by atoms with Crippen molar-refractivity contribution in [1.82, 2.24) is 14.8 Å². The van der Waals surface area contributed by atoms with Gasteiger partial charge < -0.3 is 4.74 Å². The molecule has 0 atom stereocenters. The van der Waals surface area contributed by atoms with Crippen LogP contribution in [0.25, 0.3) is 22.4 Å². The van der Waals surface area contributed by atoms with E-state index in [0.29, 0.717) is 43.1 Å². The number of nitrogens with one attached hydrogen (secondary N) is 1. The number of hydrogen-bond donors (Lipinski definition) is 1. The lowest BCUT2D eigenvalue weighted by molar-refractivity contribution is -0.111. The molecule has 0 radical (unpaired) electrons. The van der Waals surface area contributed by atoms with Crippen LogP contribution in [0.15, 0.2) is 72.0 Å². The Hall–Kier alpha value is -3.70. The summed E-state index contributed by atoms with van der Waals surface area (Å²) >= 11 is 0. The van der Waals surface area contributed by atoms with Crippen molar-refractivity contribution in [2.45, 2.75) is 18.4 Å². The molecule has 0 spiro atoms. The molecule has 0 unspecified atom stereocenters. The Kier molecular flexibility index (Phi) is 6.05. The Labute approximate surface area is 205 Å². The number of rotatable bonds is 7. The summed E-state index contributed by atoms with van der Waals surface area (Å²) in [6.45, 7) is 3.76. The van der Waals surface area contributed by atoms with Crippen molar-refractivity contribution in [2.24, 2.45) is 5.41 Å². The van der Waals surface area contributed by atoms with Gasteiger partial charge in [0.15, 0.2) is 5.82 Å². The maximum Gasteiger partial charge on any atom is 0.265 e. The van der Waals surface area contributed by atoms with Crippen LogP contribution in [0.5, 0.6) is 0 Å². The van der Waals surface area contributed by atoms with E-state index in [4.69, 9.17) is 4.74 Å². The zero-order chi connectivity index (χ0) is 25.5. The van der Waals surface area contributed by atoms with Crippen LogP contribution in [0, 0.1) is 22.9 Å². The van der Waals surface area contributed by atoms with Crippen molar-refractivity contribution in [3.63, 3.8) is 0 Å². The lowest BCUT2D eigenvalue weighted by Crippen LogP contribution is -2.43. The highest BCUT2D eigenvalue weighted by Gasteiger charge is 2.34. The van der Waals surface area contributed by atoms with Gasteiger partial charge in [-0.05, 0) is 48.0 Å². The first kappa shape index (κ1) is 24.0. The molecule has 4 aromatic rings. The largest absolute Gasteiger partial charge is 0.380 e. The average molecular weight is 515 g/mol. The van der Waals surface area contributed by atoms with Crippen molar-refractivity contribution < 1.29 is 26.3 Å². The van der Waals surface area contributed by atoms with Crippen LogP contribution in [0.3, 0.4) is 0 Å². The summed E-state index contributed by atoms with van der Waals surface area (Å²) < 4.78 is 78.0. The Morgan fingerprint density at radius 2 is 1.81 bits per heavy atom. The Morgan fingerprint density at radius 1 is 1.06 bits per heavy atom. The fourth-order valence-electron chi connectivity index (χ4n) is 4.05. The first-order valence-corrected chi connectivity index (χ1v) is 12.5. The minimum Gasteiger partial charge on any atom is -0.380 e. The van der Waals surface area contributed by atoms with Gasteiger partial charge >= 0.3 is 0 Å². The second-order valence-corrected chi connectivity index (χ2v) is 10.6. The molecule has 0 amide bonds. The van der Waals surface area contributed by atoms with Gasteiger partial charge in [0.1, 0.15) is 22.2 Å². The molecule has 1 aliphatic rings. The van der Waals surface area contributed by atoms with Gasteiger partial charge in [-0.25, -0.2) is 21.6 Å². The van der Waals surface area contributed by atoms with E-state index in [1.165, 1.54) is 18.2 Å². The van der Waals surface area contributed by atoms with E-state index in [-0.39, 0.29) is 11.0 Å². The van der Waals surface area contributed by atoms with Gasteiger partial charge in [-0.15, -0.1) is 0 Å². The second kappa shape index (κ2) is 9.07. The molecule has 1 fully saturated rings. The number of halogens is 3. The molecule has 11 heteroatoms. The zero-order valence-corrected chi connectivity index (χ0v) is 19.9. The molecular formula is C25H21F3N4O3S. The number of pyridine rings is 1. The van der Waals surface area contributed by atoms with Crippen LogP contribution in [0.4, 0.5) is 18.9 Å². The molecule has 1 saturated heterocycles. The van der Waals surface area contributed by atoms with Crippen LogP contribution >= 0.6 is 0 Å². The summed E-state index contributed by atoms with van der Waals surface area (Å²) in [7, 11) is -4.62. The van der Waals surface area contributed by atoms with E-state index in [2.05, 4.69) is 17.0 Å². The summed E-state index contributed by atoms with van der Waals surface area (Å²) in [4.78, 5) is 3.10. The maximum atomic E-state index is 15.7. The summed E-state index contributed by atoms with van der Waals surface area (Å²) in [5.74, 6) is -3.01. The number of nitrogens with zero attached hydrogens (tertiary/aromatic N) is 3. The predicted molar refractivity (Wildman–Crippen MR) is 127 cm³/mol. The van der Waals surface area contributed by atoms with E-state index in [0.717, 1.165) is 11.6 Å². The Balaban J connectivity index is 1.57. The van der Waals surface area contributed by atoms with Crippen molar-refractivity contribution in [1.29, 1.82) is 0 Å². The summed E-state index contributed by atoms with van der Waals surface area (Å²) in [6.07, 6.45) is 5.00. The van der Waals surface area contributed by atoms with Crippen LogP contribution in [0.1, 0.15) is 6.92 Å². The monoisotopic (exact) mass is 514 g/mol. The standard InChI is InChI=1S/C25H21F3N4O3S/c1-25(14-35-15-25)13-32-12-19(16-7-9-29-10-8-16)24(30-32)18-3-2-4-21(23(18)28)31-36(33,34)22-11-17(26)5-6-20(22)27/h2-12,31H,13-15H2,1H3. The highest BCUT2D eigenvalue weighted by molar-refractivity contribution is 7.92. The van der Waals surface area contributed by atoms with Gasteiger partial charge in [0.25, 0.3) is 10.0 Å². The topological polar surface area (TPSA) is 86.1 Å². The molecule has 0 saturated carbocycles. The Bertz CT molecular complexity index is 1540. The van der Waals surface area contributed by atoms with Crippen molar-refractivity contribution in [2.75, 3.05) is 17.9 Å². The molecule has 0 bridgehead atoms. The highest BCUT2D eigenvalue weighted by Crippen LogP contribution is 2.37. The third-order valence-corrected chi connectivity index (χ3v) is 7.26. The van der Waals surface area contributed by atoms with Crippen LogP contribution in [-0.2, 0) is 21.3 Å². The molecule has 2 aromatic heterocycles. The third kappa shape index (κ3) is 4.59. The predicted octanol–water partition coefficient (Wildman–Crippen LogP) is 4.87. The van der Waals surface area contributed by atoms with Crippen LogP contribution in [-0.4, -0.2) is 36.4 Å². The fraction of sp³-hybridized carbons (Fsp3) is 0.200. The quantitative estimate of drug-likeness (QED) is 0.381. The molecule has 5 rings (SSSR count). The molecule has 1 N–H and O–H groups in total. The maximum absolute atomic E-state index is 15.7. The number of hydrogen-bond acceptors (Lipinski definition) is 5. The SMILES string of the molecule is CC1(Cn2cc(-c3ccncc3)c(-c3cccc(NS(=O)(=O)c4cc(F)ccc4F)c3F)n2)COC1. The van der Waals surface area contributed by atoms with E-state index in [9.17, 15) is 17.2 Å². The number of aromatic nitrogens is 3. The molecule has 0 aliphatic carbocycles. The van der Waals surface area contributed by atoms with Crippen LogP contribution < -0.4 is 4.72 Å². The third-order valence-electron chi connectivity index (χ3n) is 5.88. The lowest BCUT2D eigenvalue weighted by Gasteiger charge is -2.37. The van der Waals surface area contributed by atoms with Gasteiger partial charge in [0.05, 0.1) is 25.4 Å². The average Bonchev–Trinajstić information content (AvgIpc) is 3.24. The second-order valence-electron chi connectivity index (χ2n) is 8.98. The Morgan fingerprint density at radius 3 is 2.50 bits per heavy atom. The van der Waals surface area contributed by atoms with E-state index >= 15 is 4.39 Å². The first-order chi connectivity index (χ1) is 17.2. The lowest BCUT2D eigenvalue weighted by atomic mass is 9.89. The van der Waals surface area contributed by atoms with Crippen LogP contribution in [0.2, 0.25) is 0 Å². The smallest absolute Gasteiger partial charge is 0.265 e. The van der Waals surface area contributed by atoms with E-state index < -0.39 is 38.1 Å². The normalized spacial score (nSPS) is 14.9. The van der Waals surface area contributed by atoms with E-state index in [1.54, 1.807) is 35.4 Å².